The number of nitrogens with one attached hydrogen (secondary N) is 1. The molecule has 1 N–H and O–H groups in total. The van der Waals surface area contributed by atoms with E-state index in [1.807, 2.05) is 30.0 Å². The molecule has 3 amide bonds. The van der Waals surface area contributed by atoms with Crippen molar-refractivity contribution in [2.24, 2.45) is 29.6 Å². The molecule has 10 nitrogen and oxygen atoms in total. The van der Waals surface area contributed by atoms with Gasteiger partial charge >= 0.3 is 4.87 Å². The van der Waals surface area contributed by atoms with Crippen molar-refractivity contribution in [2.75, 3.05) is 38.3 Å². The zero-order valence-electron chi connectivity index (χ0n) is 26.3. The molecule has 6 unspecified atom stereocenters. The second kappa shape index (κ2) is 12.0. The van der Waals surface area contributed by atoms with E-state index in [9.17, 15) is 19.2 Å². The standard InChI is InChI=1S/C35H37N3O7S2/c1-3-44-24-15-18(7-12-23(24)45-17-25(39)37-13-5-4-6-14-37)26-27-21-16-22(30(27)46-32-31(26)47-35(42)36-32)29-28(21)33(40)38(34(29)41)19-8-10-20(43-2)11-9-19/h7-12,15,21-22,26-30H,3-6,13-14,16-17H2,1-2H3,(H,36,42)/t21?,22?,26-,27?,28?,29?,30?/m1/s1. The maximum atomic E-state index is 14.1. The van der Waals surface area contributed by atoms with E-state index in [4.69, 9.17) is 14.2 Å². The van der Waals surface area contributed by atoms with Crippen LogP contribution >= 0.6 is 23.1 Å². The number of likely N-dealkylation sites (tertiary alicyclic amines) is 1. The van der Waals surface area contributed by atoms with Crippen LogP contribution in [0, 0.1) is 29.6 Å². The predicted octanol–water partition coefficient (Wildman–Crippen LogP) is 4.91. The Morgan fingerprint density at radius 2 is 1.68 bits per heavy atom. The Balaban J connectivity index is 1.11. The molecule has 246 valence electrons. The number of thioether (sulfide) groups is 1. The van der Waals surface area contributed by atoms with Crippen LogP contribution in [-0.2, 0) is 14.4 Å². The third kappa shape index (κ3) is 4.97. The minimum absolute atomic E-state index is 0.00816. The highest BCUT2D eigenvalue weighted by atomic mass is 32.2. The van der Waals surface area contributed by atoms with Gasteiger partial charge in [0.2, 0.25) is 11.8 Å². The average Bonchev–Trinajstić information content (AvgIpc) is 3.83. The molecule has 4 fully saturated rings. The van der Waals surface area contributed by atoms with E-state index in [2.05, 4.69) is 4.98 Å². The number of hydrogen-bond donors (Lipinski definition) is 1. The van der Waals surface area contributed by atoms with Gasteiger partial charge in [-0.25, -0.2) is 0 Å². The summed E-state index contributed by atoms with van der Waals surface area (Å²) in [5.74, 6) is 0.573. The summed E-state index contributed by atoms with van der Waals surface area (Å²) in [5.41, 5.74) is 1.55. The van der Waals surface area contributed by atoms with Crippen LogP contribution < -0.4 is 24.0 Å². The van der Waals surface area contributed by atoms with Gasteiger partial charge in [0.1, 0.15) is 5.75 Å². The Bertz CT molecular complexity index is 1780. The van der Waals surface area contributed by atoms with Gasteiger partial charge in [-0.3, -0.25) is 24.1 Å². The lowest BCUT2D eigenvalue weighted by Crippen LogP contribution is -2.42. The Hall–Kier alpha value is -3.77. The number of aromatic nitrogens is 1. The number of anilines is 1. The molecule has 7 atom stereocenters. The summed E-state index contributed by atoms with van der Waals surface area (Å²) in [6.07, 6.45) is 3.98. The Morgan fingerprint density at radius 1 is 0.936 bits per heavy atom. The molecule has 2 aliphatic carbocycles. The van der Waals surface area contributed by atoms with Crippen LogP contribution in [0.5, 0.6) is 17.2 Å². The first-order chi connectivity index (χ1) is 22.9. The van der Waals surface area contributed by atoms with Crippen molar-refractivity contribution < 1.29 is 28.6 Å². The smallest absolute Gasteiger partial charge is 0.305 e. The maximum absolute atomic E-state index is 14.1. The van der Waals surface area contributed by atoms with E-state index in [1.54, 1.807) is 43.1 Å². The predicted molar refractivity (Wildman–Crippen MR) is 178 cm³/mol. The molecule has 2 saturated carbocycles. The number of aromatic amines is 1. The fourth-order valence-corrected chi connectivity index (χ4v) is 11.7. The van der Waals surface area contributed by atoms with Gasteiger partial charge in [-0.2, -0.15) is 0 Å². The molecule has 1 aromatic heterocycles. The number of hydrogen-bond acceptors (Lipinski definition) is 9. The van der Waals surface area contributed by atoms with E-state index >= 15 is 0 Å². The van der Waals surface area contributed by atoms with Gasteiger partial charge in [-0.1, -0.05) is 17.4 Å². The second-order valence-corrected chi connectivity index (χ2v) is 15.2. The number of carbonyl (C=O) groups excluding carboxylic acids is 3. The van der Waals surface area contributed by atoms with Crippen molar-refractivity contribution in [1.29, 1.82) is 0 Å². The summed E-state index contributed by atoms with van der Waals surface area (Å²) < 4.78 is 17.4. The molecule has 0 radical (unpaired) electrons. The molecule has 2 aromatic carbocycles. The SMILES string of the molecule is CCOc1cc([C@H]2c3sc(=O)[nH]c3SC3C4CC(C5C(=O)N(c6ccc(OC)cc6)C(=O)C45)C32)ccc1OCC(=O)N1CCCCC1. The number of ether oxygens (including phenoxy) is 3. The van der Waals surface area contributed by atoms with Crippen molar-refractivity contribution in [3.05, 3.63) is 62.6 Å². The van der Waals surface area contributed by atoms with Gasteiger partial charge in [0.25, 0.3) is 5.91 Å². The van der Waals surface area contributed by atoms with Crippen molar-refractivity contribution in [3.8, 4) is 17.2 Å². The first-order valence-corrected chi connectivity index (χ1v) is 18.2. The Morgan fingerprint density at radius 3 is 2.40 bits per heavy atom. The number of thiazole rings is 1. The molecule has 0 spiro atoms. The summed E-state index contributed by atoms with van der Waals surface area (Å²) in [6.45, 7) is 3.80. The second-order valence-electron chi connectivity index (χ2n) is 13.0. The number of nitrogens with zero attached hydrogens (tertiary/aromatic N) is 2. The molecule has 4 heterocycles. The van der Waals surface area contributed by atoms with Gasteiger partial charge in [-0.05, 0) is 92.3 Å². The molecular formula is C35H37N3O7S2. The number of fused-ring (bicyclic) bond motifs is 9. The van der Waals surface area contributed by atoms with Gasteiger partial charge in [0.15, 0.2) is 18.1 Å². The lowest BCUT2D eigenvalue weighted by molar-refractivity contribution is -0.134. The molecule has 3 aliphatic heterocycles. The molecule has 8 rings (SSSR count). The zero-order chi connectivity index (χ0) is 32.4. The summed E-state index contributed by atoms with van der Waals surface area (Å²) in [6, 6.07) is 12.9. The molecule has 2 bridgehead atoms. The van der Waals surface area contributed by atoms with Gasteiger partial charge in [0.05, 0.1) is 36.3 Å². The normalized spacial score (nSPS) is 29.0. The minimum atomic E-state index is -0.397. The Labute approximate surface area is 280 Å². The fourth-order valence-electron chi connectivity index (χ4n) is 8.86. The van der Waals surface area contributed by atoms with Crippen molar-refractivity contribution >= 4 is 46.5 Å². The summed E-state index contributed by atoms with van der Waals surface area (Å²) in [5, 5.41) is 0.926. The minimum Gasteiger partial charge on any atom is -0.497 e. The van der Waals surface area contributed by atoms with Crippen LogP contribution in [0.2, 0.25) is 0 Å². The molecule has 47 heavy (non-hydrogen) atoms. The quantitative estimate of drug-likeness (QED) is 0.335. The number of carbonyl (C=O) groups is 3. The molecular weight excluding hydrogens is 639 g/mol. The number of H-pyrrole nitrogens is 1. The molecule has 3 aromatic rings. The monoisotopic (exact) mass is 675 g/mol. The molecule has 2 saturated heterocycles. The number of rotatable bonds is 8. The largest absolute Gasteiger partial charge is 0.497 e. The third-order valence-corrected chi connectivity index (χ3v) is 13.3. The number of piperidine rings is 1. The van der Waals surface area contributed by atoms with Crippen LogP contribution in [0.1, 0.15) is 49.0 Å². The van der Waals surface area contributed by atoms with E-state index < -0.39 is 5.92 Å². The molecule has 5 aliphatic rings. The average molecular weight is 676 g/mol. The summed E-state index contributed by atoms with van der Waals surface area (Å²) in [7, 11) is 1.58. The van der Waals surface area contributed by atoms with Crippen LogP contribution in [0.3, 0.4) is 0 Å². The van der Waals surface area contributed by atoms with Crippen LogP contribution in [0.4, 0.5) is 5.69 Å². The fraction of sp³-hybridized carbons (Fsp3) is 0.486. The van der Waals surface area contributed by atoms with E-state index in [-0.39, 0.29) is 64.0 Å². The lowest BCUT2D eigenvalue weighted by Gasteiger charge is -2.43. The number of imide groups is 1. The number of amides is 3. The number of benzene rings is 2. The van der Waals surface area contributed by atoms with Crippen molar-refractivity contribution in [2.45, 2.75) is 48.8 Å². The zero-order valence-corrected chi connectivity index (χ0v) is 27.9. The highest BCUT2D eigenvalue weighted by Gasteiger charge is 2.69. The van der Waals surface area contributed by atoms with Crippen LogP contribution in [0.25, 0.3) is 0 Å². The highest BCUT2D eigenvalue weighted by molar-refractivity contribution is 8.00. The highest BCUT2D eigenvalue weighted by Crippen LogP contribution is 2.68. The lowest BCUT2D eigenvalue weighted by atomic mass is 9.68. The Kier molecular flexibility index (Phi) is 7.82. The van der Waals surface area contributed by atoms with Gasteiger partial charge in [-0.15, -0.1) is 11.8 Å². The van der Waals surface area contributed by atoms with Crippen molar-refractivity contribution in [1.82, 2.24) is 9.88 Å². The third-order valence-electron chi connectivity index (χ3n) is 10.7. The topological polar surface area (TPSA) is 118 Å². The van der Waals surface area contributed by atoms with Crippen molar-refractivity contribution in [3.63, 3.8) is 0 Å². The van der Waals surface area contributed by atoms with Gasteiger partial charge < -0.3 is 24.1 Å². The van der Waals surface area contributed by atoms with E-state index in [0.29, 0.717) is 29.5 Å². The van der Waals surface area contributed by atoms with Gasteiger partial charge in [0, 0.05) is 29.1 Å². The summed E-state index contributed by atoms with van der Waals surface area (Å²) >= 11 is 2.89. The van der Waals surface area contributed by atoms with E-state index in [1.165, 1.54) is 16.2 Å². The first-order valence-electron chi connectivity index (χ1n) is 16.5. The van der Waals surface area contributed by atoms with Crippen LogP contribution in [0.15, 0.2) is 52.3 Å². The number of methoxy groups -OCH3 is 1. The maximum Gasteiger partial charge on any atom is 0.305 e. The first kappa shape index (κ1) is 30.6. The van der Waals surface area contributed by atoms with E-state index in [0.717, 1.165) is 54.2 Å². The molecule has 12 heteroatoms. The summed E-state index contributed by atoms with van der Waals surface area (Å²) in [4.78, 5) is 60.7. The van der Waals surface area contributed by atoms with Crippen LogP contribution in [-0.4, -0.2) is 66.3 Å².